The SMILES string of the molecule is Cl.Nc1ccc(CC(=O)N(Cc2ccccn2)C2CC2)cc1. The molecule has 0 aliphatic heterocycles. The smallest absolute Gasteiger partial charge is 0.227 e. The molecule has 1 heterocycles. The van der Waals surface area contributed by atoms with Crippen LogP contribution in [0.15, 0.2) is 48.7 Å². The van der Waals surface area contributed by atoms with Gasteiger partial charge in [0.25, 0.3) is 0 Å². The van der Waals surface area contributed by atoms with E-state index in [2.05, 4.69) is 4.98 Å². The fraction of sp³-hybridized carbons (Fsp3) is 0.294. The third kappa shape index (κ3) is 4.21. The van der Waals surface area contributed by atoms with Crippen LogP contribution < -0.4 is 5.73 Å². The largest absolute Gasteiger partial charge is 0.399 e. The molecule has 0 spiro atoms. The Morgan fingerprint density at radius 3 is 2.50 bits per heavy atom. The maximum atomic E-state index is 12.6. The van der Waals surface area contributed by atoms with Gasteiger partial charge in [0, 0.05) is 17.9 Å². The van der Waals surface area contributed by atoms with Gasteiger partial charge in [0.15, 0.2) is 0 Å². The summed E-state index contributed by atoms with van der Waals surface area (Å²) in [6.45, 7) is 0.597. The van der Waals surface area contributed by atoms with Crippen molar-refractivity contribution in [3.05, 3.63) is 59.9 Å². The number of pyridine rings is 1. The second-order valence-electron chi connectivity index (χ2n) is 5.49. The second kappa shape index (κ2) is 7.27. The zero-order valence-corrected chi connectivity index (χ0v) is 13.1. The molecule has 1 aliphatic rings. The third-order valence-corrected chi connectivity index (χ3v) is 3.70. The minimum absolute atomic E-state index is 0. The van der Waals surface area contributed by atoms with Crippen molar-refractivity contribution in [2.24, 2.45) is 0 Å². The Labute approximate surface area is 136 Å². The molecule has 2 aromatic rings. The van der Waals surface area contributed by atoms with Crippen LogP contribution in [0.2, 0.25) is 0 Å². The summed E-state index contributed by atoms with van der Waals surface area (Å²) in [6.07, 6.45) is 4.38. The van der Waals surface area contributed by atoms with Gasteiger partial charge in [-0.05, 0) is 42.7 Å². The molecule has 1 saturated carbocycles. The fourth-order valence-electron chi connectivity index (χ4n) is 2.38. The number of hydrogen-bond acceptors (Lipinski definition) is 3. The number of nitrogens with zero attached hydrogens (tertiary/aromatic N) is 2. The Balaban J connectivity index is 0.00000176. The quantitative estimate of drug-likeness (QED) is 0.863. The standard InChI is InChI=1S/C17H19N3O.ClH/c18-14-6-4-13(5-7-14)11-17(21)20(16-8-9-16)12-15-3-1-2-10-19-15;/h1-7,10,16H,8-9,11-12,18H2;1H. The summed E-state index contributed by atoms with van der Waals surface area (Å²) < 4.78 is 0. The van der Waals surface area contributed by atoms with E-state index < -0.39 is 0 Å². The van der Waals surface area contributed by atoms with Gasteiger partial charge in [-0.1, -0.05) is 18.2 Å². The summed E-state index contributed by atoms with van der Waals surface area (Å²) in [7, 11) is 0. The van der Waals surface area contributed by atoms with Crippen LogP contribution in [0.1, 0.15) is 24.1 Å². The summed E-state index contributed by atoms with van der Waals surface area (Å²) in [5.74, 6) is 0.160. The molecule has 22 heavy (non-hydrogen) atoms. The molecule has 1 fully saturated rings. The topological polar surface area (TPSA) is 59.2 Å². The third-order valence-electron chi connectivity index (χ3n) is 3.70. The highest BCUT2D eigenvalue weighted by Gasteiger charge is 2.32. The lowest BCUT2D eigenvalue weighted by molar-refractivity contribution is -0.131. The van der Waals surface area contributed by atoms with Gasteiger partial charge < -0.3 is 10.6 Å². The van der Waals surface area contributed by atoms with Gasteiger partial charge in [-0.2, -0.15) is 0 Å². The first-order chi connectivity index (χ1) is 10.2. The molecular weight excluding hydrogens is 298 g/mol. The monoisotopic (exact) mass is 317 g/mol. The van der Waals surface area contributed by atoms with Crippen LogP contribution in [0.3, 0.4) is 0 Å². The molecule has 2 N–H and O–H groups in total. The Morgan fingerprint density at radius 1 is 1.18 bits per heavy atom. The maximum Gasteiger partial charge on any atom is 0.227 e. The Morgan fingerprint density at radius 2 is 1.91 bits per heavy atom. The van der Waals surface area contributed by atoms with E-state index in [9.17, 15) is 4.79 Å². The summed E-state index contributed by atoms with van der Waals surface area (Å²) in [5.41, 5.74) is 8.34. The molecule has 116 valence electrons. The molecule has 0 bridgehead atoms. The van der Waals surface area contributed by atoms with Crippen molar-refractivity contribution in [3.8, 4) is 0 Å². The minimum Gasteiger partial charge on any atom is -0.399 e. The summed E-state index contributed by atoms with van der Waals surface area (Å²) in [4.78, 5) is 18.8. The lowest BCUT2D eigenvalue weighted by Gasteiger charge is -2.22. The molecular formula is C17H20ClN3O. The van der Waals surface area contributed by atoms with Crippen LogP contribution in [-0.2, 0) is 17.8 Å². The van der Waals surface area contributed by atoms with Crippen LogP contribution >= 0.6 is 12.4 Å². The van der Waals surface area contributed by atoms with Crippen molar-refractivity contribution in [1.29, 1.82) is 0 Å². The first-order valence-electron chi connectivity index (χ1n) is 7.26. The number of carbonyl (C=O) groups excluding carboxylic acids is 1. The molecule has 5 heteroatoms. The average molecular weight is 318 g/mol. The van der Waals surface area contributed by atoms with E-state index >= 15 is 0 Å². The van der Waals surface area contributed by atoms with Gasteiger partial charge in [0.2, 0.25) is 5.91 Å². The molecule has 4 nitrogen and oxygen atoms in total. The van der Waals surface area contributed by atoms with Gasteiger partial charge >= 0.3 is 0 Å². The van der Waals surface area contributed by atoms with Gasteiger partial charge in [-0.25, -0.2) is 0 Å². The number of halogens is 1. The number of hydrogen-bond donors (Lipinski definition) is 1. The maximum absolute atomic E-state index is 12.6. The molecule has 0 saturated heterocycles. The number of anilines is 1. The van der Waals surface area contributed by atoms with Gasteiger partial charge in [-0.15, -0.1) is 12.4 Å². The molecule has 0 radical (unpaired) electrons. The molecule has 1 aromatic heterocycles. The Hall–Kier alpha value is -2.07. The van der Waals surface area contributed by atoms with Crippen molar-refractivity contribution < 1.29 is 4.79 Å². The minimum atomic E-state index is 0. The summed E-state index contributed by atoms with van der Waals surface area (Å²) >= 11 is 0. The van der Waals surface area contributed by atoms with Crippen molar-refractivity contribution in [3.63, 3.8) is 0 Å². The Bertz CT molecular complexity index is 612. The van der Waals surface area contributed by atoms with Crippen LogP contribution in [-0.4, -0.2) is 21.8 Å². The zero-order chi connectivity index (χ0) is 14.7. The van der Waals surface area contributed by atoms with E-state index in [4.69, 9.17) is 5.73 Å². The zero-order valence-electron chi connectivity index (χ0n) is 12.3. The lowest BCUT2D eigenvalue weighted by atomic mass is 10.1. The van der Waals surface area contributed by atoms with Crippen molar-refractivity contribution >= 4 is 24.0 Å². The van der Waals surface area contributed by atoms with Gasteiger partial charge in [0.1, 0.15) is 0 Å². The first kappa shape index (κ1) is 16.3. The van der Waals surface area contributed by atoms with Crippen LogP contribution in [0.25, 0.3) is 0 Å². The molecule has 1 amide bonds. The molecule has 3 rings (SSSR count). The average Bonchev–Trinajstić information content (AvgIpc) is 3.33. The molecule has 0 unspecified atom stereocenters. The van der Waals surface area contributed by atoms with Crippen molar-refractivity contribution in [1.82, 2.24) is 9.88 Å². The second-order valence-corrected chi connectivity index (χ2v) is 5.49. The van der Waals surface area contributed by atoms with E-state index in [0.717, 1.165) is 29.8 Å². The summed E-state index contributed by atoms with van der Waals surface area (Å²) in [6, 6.07) is 13.7. The predicted octanol–water partition coefficient (Wildman–Crippen LogP) is 2.82. The first-order valence-corrected chi connectivity index (χ1v) is 7.26. The van der Waals surface area contributed by atoms with E-state index in [0.29, 0.717) is 19.0 Å². The number of aromatic nitrogens is 1. The van der Waals surface area contributed by atoms with Gasteiger partial charge in [0.05, 0.1) is 18.7 Å². The van der Waals surface area contributed by atoms with Crippen LogP contribution in [0, 0.1) is 0 Å². The normalized spacial score (nSPS) is 13.3. The van der Waals surface area contributed by atoms with Gasteiger partial charge in [-0.3, -0.25) is 9.78 Å². The highest BCUT2D eigenvalue weighted by Crippen LogP contribution is 2.28. The number of carbonyl (C=O) groups is 1. The van der Waals surface area contributed by atoms with E-state index in [1.807, 2.05) is 47.4 Å². The van der Waals surface area contributed by atoms with E-state index in [1.165, 1.54) is 0 Å². The van der Waals surface area contributed by atoms with E-state index in [-0.39, 0.29) is 18.3 Å². The highest BCUT2D eigenvalue weighted by molar-refractivity contribution is 5.85. The predicted molar refractivity (Wildman–Crippen MR) is 89.6 cm³/mol. The van der Waals surface area contributed by atoms with E-state index in [1.54, 1.807) is 6.20 Å². The fourth-order valence-corrected chi connectivity index (χ4v) is 2.38. The number of nitrogen functional groups attached to an aromatic ring is 1. The van der Waals surface area contributed by atoms with Crippen LogP contribution in [0.5, 0.6) is 0 Å². The van der Waals surface area contributed by atoms with Crippen molar-refractivity contribution in [2.45, 2.75) is 31.8 Å². The highest BCUT2D eigenvalue weighted by atomic mass is 35.5. The molecule has 1 aliphatic carbocycles. The number of benzene rings is 1. The summed E-state index contributed by atoms with van der Waals surface area (Å²) in [5, 5.41) is 0. The number of nitrogens with two attached hydrogens (primary N) is 1. The lowest BCUT2D eigenvalue weighted by Crippen LogP contribution is -2.34. The molecule has 0 atom stereocenters. The van der Waals surface area contributed by atoms with Crippen molar-refractivity contribution in [2.75, 3.05) is 5.73 Å². The molecule has 1 aromatic carbocycles. The van der Waals surface area contributed by atoms with Crippen LogP contribution in [0.4, 0.5) is 5.69 Å². The number of rotatable bonds is 5. The Kier molecular flexibility index (Phi) is 5.39. The number of amides is 1.